The molecule has 2 aromatic rings. The smallest absolute Gasteiger partial charge is 0.274 e. The lowest BCUT2D eigenvalue weighted by atomic mass is 10.1. The van der Waals surface area contributed by atoms with Gasteiger partial charge in [-0.25, -0.2) is 17.5 Å². The summed E-state index contributed by atoms with van der Waals surface area (Å²) in [4.78, 5) is 0. The molecule has 0 bridgehead atoms. The first-order valence-electron chi connectivity index (χ1n) is 5.99. The van der Waals surface area contributed by atoms with Crippen LogP contribution in [0.15, 0.2) is 45.9 Å². The number of hydrogen-bond donors (Lipinski definition) is 2. The average molecular weight is 298 g/mol. The third-order valence-electron chi connectivity index (χ3n) is 2.78. The Morgan fingerprint density at radius 2 is 2.10 bits per heavy atom. The topological polar surface area (TPSA) is 85.3 Å². The highest BCUT2D eigenvalue weighted by Crippen LogP contribution is 2.19. The maximum Gasteiger partial charge on any atom is 0.274 e. The minimum absolute atomic E-state index is 0.120. The van der Waals surface area contributed by atoms with Gasteiger partial charge in [-0.1, -0.05) is 12.1 Å². The van der Waals surface area contributed by atoms with Crippen LogP contribution in [0.1, 0.15) is 24.3 Å². The maximum atomic E-state index is 13.1. The molecule has 0 saturated carbocycles. The molecule has 2 rings (SSSR count). The summed E-state index contributed by atoms with van der Waals surface area (Å²) >= 11 is 0. The van der Waals surface area contributed by atoms with E-state index in [0.29, 0.717) is 11.3 Å². The number of sulfonamides is 1. The summed E-state index contributed by atoms with van der Waals surface area (Å²) in [5.74, 6) is -0.0410. The van der Waals surface area contributed by atoms with Crippen LogP contribution in [-0.4, -0.2) is 8.42 Å². The summed E-state index contributed by atoms with van der Waals surface area (Å²) in [6.45, 7) is 1.74. The van der Waals surface area contributed by atoms with Crippen LogP contribution in [0.25, 0.3) is 0 Å². The van der Waals surface area contributed by atoms with Gasteiger partial charge >= 0.3 is 0 Å². The largest absolute Gasteiger partial charge is 0.447 e. The van der Waals surface area contributed by atoms with Gasteiger partial charge in [0.15, 0.2) is 0 Å². The Kier molecular flexibility index (Phi) is 4.22. The highest BCUT2D eigenvalue weighted by atomic mass is 32.2. The highest BCUT2D eigenvalue weighted by Gasteiger charge is 2.22. The zero-order valence-corrected chi connectivity index (χ0v) is 11.7. The first-order valence-corrected chi connectivity index (χ1v) is 7.47. The van der Waals surface area contributed by atoms with Crippen LogP contribution in [0.5, 0.6) is 0 Å². The molecule has 1 aromatic heterocycles. The van der Waals surface area contributed by atoms with Crippen molar-refractivity contribution in [2.75, 3.05) is 0 Å². The van der Waals surface area contributed by atoms with Crippen molar-refractivity contribution in [3.05, 3.63) is 53.5 Å². The lowest BCUT2D eigenvalue weighted by Crippen LogP contribution is -2.26. The summed E-state index contributed by atoms with van der Waals surface area (Å²) in [6.07, 6.45) is 0. The molecule has 0 radical (unpaired) electrons. The van der Waals surface area contributed by atoms with Crippen molar-refractivity contribution in [1.82, 2.24) is 4.72 Å². The molecule has 0 aliphatic carbocycles. The van der Waals surface area contributed by atoms with Gasteiger partial charge in [-0.05, 0) is 36.8 Å². The Hall–Kier alpha value is -1.70. The zero-order valence-electron chi connectivity index (χ0n) is 10.8. The molecule has 0 spiro atoms. The van der Waals surface area contributed by atoms with Crippen molar-refractivity contribution in [2.24, 2.45) is 5.73 Å². The number of halogens is 1. The number of benzene rings is 1. The number of rotatable bonds is 5. The fourth-order valence-electron chi connectivity index (χ4n) is 1.75. The van der Waals surface area contributed by atoms with E-state index in [9.17, 15) is 12.8 Å². The Bertz CT molecular complexity index is 697. The first kappa shape index (κ1) is 14.7. The van der Waals surface area contributed by atoms with Gasteiger partial charge in [0.25, 0.3) is 10.0 Å². The van der Waals surface area contributed by atoms with Gasteiger partial charge in [-0.3, -0.25) is 0 Å². The molecule has 0 saturated heterocycles. The molecular weight excluding hydrogens is 283 g/mol. The molecule has 7 heteroatoms. The normalized spacial score (nSPS) is 13.3. The number of hydrogen-bond acceptors (Lipinski definition) is 4. The minimum atomic E-state index is -3.80. The van der Waals surface area contributed by atoms with Crippen LogP contribution in [0, 0.1) is 5.82 Å². The summed E-state index contributed by atoms with van der Waals surface area (Å²) in [5.41, 5.74) is 5.89. The Morgan fingerprint density at radius 1 is 1.35 bits per heavy atom. The molecule has 0 aliphatic heterocycles. The Labute approximate surface area is 116 Å². The quantitative estimate of drug-likeness (QED) is 0.883. The Balaban J connectivity index is 2.19. The summed E-state index contributed by atoms with van der Waals surface area (Å²) in [5, 5.41) is -0.207. The van der Waals surface area contributed by atoms with Gasteiger partial charge in [0.1, 0.15) is 11.6 Å². The van der Waals surface area contributed by atoms with Crippen molar-refractivity contribution in [2.45, 2.75) is 24.6 Å². The van der Waals surface area contributed by atoms with Crippen molar-refractivity contribution in [3.63, 3.8) is 0 Å². The summed E-state index contributed by atoms with van der Waals surface area (Å²) in [7, 11) is -3.80. The van der Waals surface area contributed by atoms with E-state index in [-0.39, 0.29) is 11.6 Å². The maximum absolute atomic E-state index is 13.1. The second-order valence-corrected chi connectivity index (χ2v) is 5.97. The standard InChI is InChI=1S/C13H15FN2O3S/c1-9(10-3-2-4-11(14)7-10)16-20(17,18)13-6-5-12(8-15)19-13/h2-7,9,16H,8,15H2,1H3. The molecule has 0 aliphatic rings. The molecule has 1 aromatic carbocycles. The number of furan rings is 1. The molecular formula is C13H15FN2O3S. The molecule has 108 valence electrons. The van der Waals surface area contributed by atoms with Crippen LogP contribution in [0.3, 0.4) is 0 Å². The van der Waals surface area contributed by atoms with Crippen LogP contribution in [0.4, 0.5) is 4.39 Å². The van der Waals surface area contributed by atoms with Gasteiger partial charge in [0.05, 0.1) is 6.54 Å². The fraction of sp³-hybridized carbons (Fsp3) is 0.231. The van der Waals surface area contributed by atoms with Crippen molar-refractivity contribution < 1.29 is 17.2 Å². The second-order valence-electron chi connectivity index (χ2n) is 4.32. The van der Waals surface area contributed by atoms with E-state index in [2.05, 4.69) is 4.72 Å². The average Bonchev–Trinajstić information content (AvgIpc) is 2.87. The first-order chi connectivity index (χ1) is 9.42. The minimum Gasteiger partial charge on any atom is -0.447 e. The second kappa shape index (κ2) is 5.74. The van der Waals surface area contributed by atoms with E-state index in [1.807, 2.05) is 0 Å². The van der Waals surface area contributed by atoms with E-state index in [1.54, 1.807) is 13.0 Å². The lowest BCUT2D eigenvalue weighted by molar-refractivity contribution is 0.411. The molecule has 1 heterocycles. The fourth-order valence-corrected chi connectivity index (χ4v) is 2.93. The van der Waals surface area contributed by atoms with Gasteiger partial charge in [0.2, 0.25) is 5.09 Å². The van der Waals surface area contributed by atoms with Crippen LogP contribution in [0.2, 0.25) is 0 Å². The molecule has 5 nitrogen and oxygen atoms in total. The third kappa shape index (κ3) is 3.24. The van der Waals surface area contributed by atoms with Crippen LogP contribution in [-0.2, 0) is 16.6 Å². The van der Waals surface area contributed by atoms with Gasteiger partial charge in [0, 0.05) is 6.04 Å². The predicted octanol–water partition coefficient (Wildman–Crippen LogP) is 1.92. The molecule has 0 fully saturated rings. The highest BCUT2D eigenvalue weighted by molar-refractivity contribution is 7.89. The zero-order chi connectivity index (χ0) is 14.8. The molecule has 3 N–H and O–H groups in total. The van der Waals surface area contributed by atoms with Gasteiger partial charge in [-0.2, -0.15) is 0 Å². The number of nitrogens with one attached hydrogen (secondary N) is 1. The van der Waals surface area contributed by atoms with Crippen LogP contribution >= 0.6 is 0 Å². The monoisotopic (exact) mass is 298 g/mol. The summed E-state index contributed by atoms with van der Waals surface area (Å²) < 4.78 is 44.8. The molecule has 0 amide bonds. The molecule has 20 heavy (non-hydrogen) atoms. The van der Waals surface area contributed by atoms with E-state index in [0.717, 1.165) is 0 Å². The van der Waals surface area contributed by atoms with Crippen molar-refractivity contribution >= 4 is 10.0 Å². The molecule has 1 atom stereocenters. The Morgan fingerprint density at radius 3 is 2.70 bits per heavy atom. The van der Waals surface area contributed by atoms with Gasteiger partial charge < -0.3 is 10.2 Å². The van der Waals surface area contributed by atoms with Crippen molar-refractivity contribution in [1.29, 1.82) is 0 Å². The van der Waals surface area contributed by atoms with Crippen molar-refractivity contribution in [3.8, 4) is 0 Å². The SMILES string of the molecule is CC(NS(=O)(=O)c1ccc(CN)o1)c1cccc(F)c1. The van der Waals surface area contributed by atoms with E-state index in [4.69, 9.17) is 10.2 Å². The van der Waals surface area contributed by atoms with E-state index < -0.39 is 21.9 Å². The van der Waals surface area contributed by atoms with E-state index in [1.165, 1.54) is 30.3 Å². The third-order valence-corrected chi connectivity index (χ3v) is 4.20. The number of nitrogens with two attached hydrogens (primary N) is 1. The molecule has 1 unspecified atom stereocenters. The summed E-state index contributed by atoms with van der Waals surface area (Å²) in [6, 6.07) is 8.00. The van der Waals surface area contributed by atoms with Crippen LogP contribution < -0.4 is 10.5 Å². The predicted molar refractivity (Wildman–Crippen MR) is 71.7 cm³/mol. The van der Waals surface area contributed by atoms with E-state index >= 15 is 0 Å². The lowest BCUT2D eigenvalue weighted by Gasteiger charge is -2.13. The van der Waals surface area contributed by atoms with Gasteiger partial charge in [-0.15, -0.1) is 0 Å².